The van der Waals surface area contributed by atoms with E-state index in [2.05, 4.69) is 34.1 Å². The highest BCUT2D eigenvalue weighted by atomic mass is 16.5. The number of aromatic nitrogens is 2. The first-order valence-electron chi connectivity index (χ1n) is 8.46. The number of aryl methyl sites for hydroxylation is 1. The third-order valence-corrected chi connectivity index (χ3v) is 4.64. The van der Waals surface area contributed by atoms with E-state index in [-0.39, 0.29) is 0 Å². The Balaban J connectivity index is 1.72. The van der Waals surface area contributed by atoms with E-state index in [1.165, 1.54) is 5.57 Å². The lowest BCUT2D eigenvalue weighted by Crippen LogP contribution is -2.35. The fourth-order valence-electron chi connectivity index (χ4n) is 3.36. The molecule has 0 aromatic carbocycles. The van der Waals surface area contributed by atoms with Crippen molar-refractivity contribution in [1.82, 2.24) is 14.9 Å². The molecule has 1 N–H and O–H groups in total. The second kappa shape index (κ2) is 7.90. The van der Waals surface area contributed by atoms with Gasteiger partial charge < -0.3 is 19.4 Å². The van der Waals surface area contributed by atoms with E-state index < -0.39 is 0 Å². The first kappa shape index (κ1) is 15.7. The van der Waals surface area contributed by atoms with Crippen LogP contribution in [0.4, 0.5) is 0 Å². The van der Waals surface area contributed by atoms with Crippen LogP contribution >= 0.6 is 0 Å². The Morgan fingerprint density at radius 3 is 2.91 bits per heavy atom. The van der Waals surface area contributed by atoms with Crippen LogP contribution in [-0.4, -0.2) is 42.5 Å². The lowest BCUT2D eigenvalue weighted by atomic mass is 9.90. The zero-order valence-corrected chi connectivity index (χ0v) is 13.5. The van der Waals surface area contributed by atoms with Gasteiger partial charge in [0.05, 0.1) is 19.3 Å². The monoisotopic (exact) mass is 305 g/mol. The third kappa shape index (κ3) is 3.77. The minimum absolute atomic E-state index is 0.293. The molecule has 1 aromatic rings. The van der Waals surface area contributed by atoms with Crippen LogP contribution in [0.5, 0.6) is 0 Å². The average Bonchev–Trinajstić information content (AvgIpc) is 3.05. The van der Waals surface area contributed by atoms with Gasteiger partial charge in [0.15, 0.2) is 0 Å². The molecule has 0 aliphatic carbocycles. The summed E-state index contributed by atoms with van der Waals surface area (Å²) in [6.07, 6.45) is 9.53. The van der Waals surface area contributed by atoms with Gasteiger partial charge >= 0.3 is 0 Å². The first-order valence-corrected chi connectivity index (χ1v) is 8.46. The topological polar surface area (TPSA) is 48.3 Å². The molecule has 0 radical (unpaired) electrons. The highest BCUT2D eigenvalue weighted by Gasteiger charge is 2.28. The molecule has 2 aliphatic heterocycles. The van der Waals surface area contributed by atoms with Gasteiger partial charge in [-0.25, -0.2) is 4.98 Å². The number of rotatable bonds is 6. The smallest absolute Gasteiger partial charge is 0.126 e. The van der Waals surface area contributed by atoms with Crippen LogP contribution in [-0.2, 0) is 16.0 Å². The maximum atomic E-state index is 5.55. The van der Waals surface area contributed by atoms with Crippen molar-refractivity contribution in [2.75, 3.05) is 33.0 Å². The molecule has 0 spiro atoms. The minimum atomic E-state index is 0.293. The van der Waals surface area contributed by atoms with E-state index in [9.17, 15) is 0 Å². The van der Waals surface area contributed by atoms with Gasteiger partial charge in [0.25, 0.3) is 0 Å². The minimum Gasteiger partial charge on any atom is -0.381 e. The van der Waals surface area contributed by atoms with Crippen molar-refractivity contribution in [2.24, 2.45) is 5.92 Å². The molecule has 1 saturated heterocycles. The first-order chi connectivity index (χ1) is 10.9. The Morgan fingerprint density at radius 1 is 1.32 bits per heavy atom. The Morgan fingerprint density at radius 2 is 2.18 bits per heavy atom. The molecule has 0 unspecified atom stereocenters. The lowest BCUT2D eigenvalue weighted by Gasteiger charge is -2.31. The summed E-state index contributed by atoms with van der Waals surface area (Å²) in [6, 6.07) is 0.293. The van der Waals surface area contributed by atoms with Crippen molar-refractivity contribution in [3.8, 4) is 0 Å². The van der Waals surface area contributed by atoms with Gasteiger partial charge in [0.2, 0.25) is 0 Å². The Hall–Kier alpha value is -1.17. The number of ether oxygens (including phenoxy) is 2. The Kier molecular flexibility index (Phi) is 5.64. The molecule has 122 valence electrons. The summed E-state index contributed by atoms with van der Waals surface area (Å²) in [4.78, 5) is 4.64. The largest absolute Gasteiger partial charge is 0.381 e. The van der Waals surface area contributed by atoms with Crippen LogP contribution in [0, 0.1) is 5.92 Å². The number of imidazole rings is 1. The highest BCUT2D eigenvalue weighted by Crippen LogP contribution is 2.29. The van der Waals surface area contributed by atoms with Gasteiger partial charge in [-0.2, -0.15) is 0 Å². The number of nitrogens with one attached hydrogen (secondary N) is 1. The molecule has 5 nitrogen and oxygen atoms in total. The number of nitrogens with zero attached hydrogens (tertiary/aromatic N) is 2. The Bertz CT molecular complexity index is 492. The molecule has 1 fully saturated rings. The SMILES string of the molecule is CCn1ccnc1[C@H](NCC1=CCCOC1)C1CCOCC1. The molecule has 3 rings (SSSR count). The molecule has 0 amide bonds. The zero-order valence-electron chi connectivity index (χ0n) is 13.5. The molecule has 0 bridgehead atoms. The van der Waals surface area contributed by atoms with Gasteiger partial charge in [-0.1, -0.05) is 6.08 Å². The standard InChI is InChI=1S/C17H27N3O2/c1-2-20-8-7-18-17(20)16(15-5-10-21-11-6-15)19-12-14-4-3-9-22-13-14/h4,7-8,15-16,19H,2-3,5-6,9-13H2,1H3/t16-/m1/s1. The highest BCUT2D eigenvalue weighted by molar-refractivity contribution is 5.09. The van der Waals surface area contributed by atoms with E-state index in [0.717, 1.165) is 64.6 Å². The summed E-state index contributed by atoms with van der Waals surface area (Å²) < 4.78 is 13.3. The van der Waals surface area contributed by atoms with E-state index in [1.807, 2.05) is 6.20 Å². The van der Waals surface area contributed by atoms with Crippen molar-refractivity contribution in [3.05, 3.63) is 29.9 Å². The Labute approximate surface area is 132 Å². The third-order valence-electron chi connectivity index (χ3n) is 4.64. The zero-order chi connectivity index (χ0) is 15.2. The lowest BCUT2D eigenvalue weighted by molar-refractivity contribution is 0.0521. The maximum absolute atomic E-state index is 5.55. The summed E-state index contributed by atoms with van der Waals surface area (Å²) in [5.41, 5.74) is 1.36. The molecule has 22 heavy (non-hydrogen) atoms. The molecule has 1 atom stereocenters. The van der Waals surface area contributed by atoms with E-state index in [1.54, 1.807) is 0 Å². The molecular weight excluding hydrogens is 278 g/mol. The van der Waals surface area contributed by atoms with Crippen LogP contribution < -0.4 is 5.32 Å². The molecule has 0 saturated carbocycles. The van der Waals surface area contributed by atoms with Crippen molar-refractivity contribution >= 4 is 0 Å². The van der Waals surface area contributed by atoms with Crippen LogP contribution in [0.25, 0.3) is 0 Å². The molecular formula is C17H27N3O2. The van der Waals surface area contributed by atoms with Gasteiger partial charge in [0.1, 0.15) is 5.82 Å². The summed E-state index contributed by atoms with van der Waals surface area (Å²) in [5, 5.41) is 3.75. The van der Waals surface area contributed by atoms with Crippen LogP contribution in [0.3, 0.4) is 0 Å². The van der Waals surface area contributed by atoms with Crippen LogP contribution in [0.1, 0.15) is 38.1 Å². The number of hydrogen-bond donors (Lipinski definition) is 1. The normalized spacial score (nSPS) is 21.6. The average molecular weight is 305 g/mol. The molecule has 2 aliphatic rings. The molecule has 3 heterocycles. The van der Waals surface area contributed by atoms with Gasteiger partial charge in [-0.15, -0.1) is 0 Å². The van der Waals surface area contributed by atoms with Gasteiger partial charge in [0, 0.05) is 38.7 Å². The maximum Gasteiger partial charge on any atom is 0.126 e. The van der Waals surface area contributed by atoms with Crippen molar-refractivity contribution in [2.45, 2.75) is 38.8 Å². The second-order valence-corrected chi connectivity index (χ2v) is 6.08. The van der Waals surface area contributed by atoms with Crippen LogP contribution in [0.2, 0.25) is 0 Å². The van der Waals surface area contributed by atoms with Crippen molar-refractivity contribution in [1.29, 1.82) is 0 Å². The molecule has 1 aromatic heterocycles. The van der Waals surface area contributed by atoms with E-state index in [0.29, 0.717) is 12.0 Å². The van der Waals surface area contributed by atoms with E-state index in [4.69, 9.17) is 9.47 Å². The predicted octanol–water partition coefficient (Wildman–Crippen LogP) is 2.31. The second-order valence-electron chi connectivity index (χ2n) is 6.08. The summed E-state index contributed by atoms with van der Waals surface area (Å²) in [6.45, 7) is 7.36. The fourth-order valence-corrected chi connectivity index (χ4v) is 3.36. The predicted molar refractivity (Wildman–Crippen MR) is 85.7 cm³/mol. The summed E-state index contributed by atoms with van der Waals surface area (Å²) in [5.74, 6) is 1.75. The van der Waals surface area contributed by atoms with Gasteiger partial charge in [-0.3, -0.25) is 0 Å². The van der Waals surface area contributed by atoms with Crippen molar-refractivity contribution < 1.29 is 9.47 Å². The fraction of sp³-hybridized carbons (Fsp3) is 0.706. The van der Waals surface area contributed by atoms with Crippen molar-refractivity contribution in [3.63, 3.8) is 0 Å². The number of hydrogen-bond acceptors (Lipinski definition) is 4. The quantitative estimate of drug-likeness (QED) is 0.819. The summed E-state index contributed by atoms with van der Waals surface area (Å²) >= 11 is 0. The van der Waals surface area contributed by atoms with E-state index >= 15 is 0 Å². The van der Waals surface area contributed by atoms with Gasteiger partial charge in [-0.05, 0) is 37.7 Å². The summed E-state index contributed by atoms with van der Waals surface area (Å²) in [7, 11) is 0. The van der Waals surface area contributed by atoms with Crippen LogP contribution in [0.15, 0.2) is 24.0 Å². The molecule has 5 heteroatoms.